The zero-order valence-electron chi connectivity index (χ0n) is 7.29. The summed E-state index contributed by atoms with van der Waals surface area (Å²) in [6.07, 6.45) is 1.75. The van der Waals surface area contributed by atoms with Crippen molar-refractivity contribution in [1.29, 1.82) is 0 Å². The van der Waals surface area contributed by atoms with Gasteiger partial charge in [-0.2, -0.15) is 0 Å². The summed E-state index contributed by atoms with van der Waals surface area (Å²) >= 11 is 11.2. The molecule has 14 heavy (non-hydrogen) atoms. The Balaban J connectivity index is 2.85. The molecule has 0 atom stereocenters. The molecular weight excluding hydrogens is 223 g/mol. The first-order valence-electron chi connectivity index (χ1n) is 3.93. The van der Waals surface area contributed by atoms with Gasteiger partial charge in [-0.05, 0) is 30.7 Å². The first-order chi connectivity index (χ1) is 6.59. The number of carbonyl (C=O) groups excluding carboxylic acids is 1. The lowest BCUT2D eigenvalue weighted by Gasteiger charge is -1.96. The van der Waals surface area contributed by atoms with Crippen LogP contribution in [0.15, 0.2) is 18.3 Å². The molecule has 0 aliphatic heterocycles. The van der Waals surface area contributed by atoms with Crippen LogP contribution in [0.5, 0.6) is 0 Å². The van der Waals surface area contributed by atoms with E-state index in [0.717, 1.165) is 0 Å². The topological polar surface area (TPSA) is 34.4 Å². The number of hydrogen-bond acceptors (Lipinski definition) is 2. The third-order valence-corrected chi connectivity index (χ3v) is 2.38. The molecule has 2 aromatic heterocycles. The van der Waals surface area contributed by atoms with Crippen molar-refractivity contribution < 1.29 is 4.79 Å². The minimum Gasteiger partial charge on any atom is -0.303 e. The second kappa shape index (κ2) is 3.26. The van der Waals surface area contributed by atoms with Gasteiger partial charge in [-0.1, -0.05) is 11.6 Å². The molecule has 0 fully saturated rings. The predicted octanol–water partition coefficient (Wildman–Crippen LogP) is 2.68. The molecule has 0 unspecified atom stereocenters. The molecule has 0 aliphatic carbocycles. The van der Waals surface area contributed by atoms with Crippen molar-refractivity contribution in [1.82, 2.24) is 9.38 Å². The highest BCUT2D eigenvalue weighted by Crippen LogP contribution is 2.18. The van der Waals surface area contributed by atoms with E-state index in [0.29, 0.717) is 16.4 Å². The second-order valence-electron chi connectivity index (χ2n) is 2.88. The summed E-state index contributed by atoms with van der Waals surface area (Å²) in [7, 11) is 0. The number of fused-ring (bicyclic) bond motifs is 1. The lowest BCUT2D eigenvalue weighted by Crippen LogP contribution is -1.90. The molecule has 0 saturated carbocycles. The Morgan fingerprint density at radius 3 is 2.93 bits per heavy atom. The van der Waals surface area contributed by atoms with E-state index >= 15 is 0 Å². The second-order valence-corrected chi connectivity index (χ2v) is 3.66. The number of nitrogens with zero attached hydrogens (tertiary/aromatic N) is 2. The summed E-state index contributed by atoms with van der Waals surface area (Å²) in [6, 6.07) is 3.39. The van der Waals surface area contributed by atoms with Crippen LogP contribution in [0.4, 0.5) is 0 Å². The summed E-state index contributed by atoms with van der Waals surface area (Å²) in [5.41, 5.74) is 0.877. The third-order valence-electron chi connectivity index (χ3n) is 1.97. The van der Waals surface area contributed by atoms with Gasteiger partial charge in [0, 0.05) is 11.2 Å². The number of rotatable bonds is 1. The number of imidazole rings is 1. The van der Waals surface area contributed by atoms with Gasteiger partial charge in [0.2, 0.25) is 0 Å². The van der Waals surface area contributed by atoms with E-state index in [1.165, 1.54) is 0 Å². The van der Waals surface area contributed by atoms with E-state index in [4.69, 9.17) is 23.2 Å². The average molecular weight is 229 g/mol. The highest BCUT2D eigenvalue weighted by atomic mass is 35.5. The zero-order valence-corrected chi connectivity index (χ0v) is 8.80. The molecule has 0 aromatic carbocycles. The largest absolute Gasteiger partial charge is 0.303 e. The van der Waals surface area contributed by atoms with Crippen LogP contribution in [-0.2, 0) is 0 Å². The van der Waals surface area contributed by atoms with Crippen molar-refractivity contribution in [2.24, 2.45) is 0 Å². The SMILES string of the molecule is Cc1nc(C(=O)Cl)c2cc(Cl)ccn12. The van der Waals surface area contributed by atoms with E-state index in [9.17, 15) is 4.79 Å². The summed E-state index contributed by atoms with van der Waals surface area (Å²) in [6.45, 7) is 1.80. The van der Waals surface area contributed by atoms with Gasteiger partial charge in [0.1, 0.15) is 11.5 Å². The van der Waals surface area contributed by atoms with Crippen LogP contribution < -0.4 is 0 Å². The zero-order chi connectivity index (χ0) is 10.3. The molecule has 0 radical (unpaired) electrons. The minimum absolute atomic E-state index is 0.242. The number of aryl methyl sites for hydroxylation is 1. The van der Waals surface area contributed by atoms with Crippen LogP contribution in [0.1, 0.15) is 16.3 Å². The maximum Gasteiger partial charge on any atom is 0.273 e. The standard InChI is InChI=1S/C9H6Cl2N2O/c1-5-12-8(9(11)14)7-4-6(10)2-3-13(5)7/h2-4H,1H3. The molecular formula is C9H6Cl2N2O. The van der Waals surface area contributed by atoms with Gasteiger partial charge in [-0.3, -0.25) is 4.79 Å². The van der Waals surface area contributed by atoms with Crippen LogP contribution in [-0.4, -0.2) is 14.6 Å². The van der Waals surface area contributed by atoms with Gasteiger partial charge < -0.3 is 4.40 Å². The van der Waals surface area contributed by atoms with Crippen molar-refractivity contribution in [2.45, 2.75) is 6.92 Å². The Morgan fingerprint density at radius 2 is 2.29 bits per heavy atom. The van der Waals surface area contributed by atoms with Crippen molar-refractivity contribution in [3.05, 3.63) is 34.9 Å². The molecule has 2 aromatic rings. The van der Waals surface area contributed by atoms with Crippen LogP contribution in [0.2, 0.25) is 5.02 Å². The summed E-state index contributed by atoms with van der Waals surface area (Å²) in [5.74, 6) is 0.709. The molecule has 0 saturated heterocycles. The maximum atomic E-state index is 11.0. The summed E-state index contributed by atoms with van der Waals surface area (Å²) in [5, 5.41) is -0.0190. The Hall–Kier alpha value is -1.06. The number of pyridine rings is 1. The molecule has 5 heteroatoms. The van der Waals surface area contributed by atoms with Gasteiger partial charge in [0.15, 0.2) is 0 Å². The Labute approximate surface area is 90.3 Å². The lowest BCUT2D eigenvalue weighted by molar-refractivity contribution is 0.107. The molecule has 2 rings (SSSR count). The van der Waals surface area contributed by atoms with Crippen molar-refractivity contribution in [2.75, 3.05) is 0 Å². The fraction of sp³-hybridized carbons (Fsp3) is 0.111. The van der Waals surface area contributed by atoms with E-state index in [2.05, 4.69) is 4.98 Å². The monoisotopic (exact) mass is 228 g/mol. The predicted molar refractivity (Wildman–Crippen MR) is 55.1 cm³/mol. The average Bonchev–Trinajstić information content (AvgIpc) is 2.43. The van der Waals surface area contributed by atoms with Gasteiger partial charge in [-0.25, -0.2) is 4.98 Å². The van der Waals surface area contributed by atoms with Crippen LogP contribution in [0.3, 0.4) is 0 Å². The number of carbonyl (C=O) groups is 1. The highest BCUT2D eigenvalue weighted by Gasteiger charge is 2.13. The number of hydrogen-bond donors (Lipinski definition) is 0. The van der Waals surface area contributed by atoms with Crippen LogP contribution in [0, 0.1) is 6.92 Å². The van der Waals surface area contributed by atoms with E-state index in [1.807, 2.05) is 0 Å². The van der Waals surface area contributed by atoms with E-state index < -0.39 is 5.24 Å². The third kappa shape index (κ3) is 1.38. The van der Waals surface area contributed by atoms with Gasteiger partial charge >= 0.3 is 0 Å². The number of aromatic nitrogens is 2. The molecule has 2 heterocycles. The van der Waals surface area contributed by atoms with Crippen molar-refractivity contribution in [3.63, 3.8) is 0 Å². The molecule has 0 spiro atoms. The van der Waals surface area contributed by atoms with Gasteiger partial charge in [0.25, 0.3) is 5.24 Å². The van der Waals surface area contributed by atoms with Crippen LogP contribution in [0.25, 0.3) is 5.52 Å². The van der Waals surface area contributed by atoms with E-state index in [-0.39, 0.29) is 5.69 Å². The molecule has 3 nitrogen and oxygen atoms in total. The maximum absolute atomic E-state index is 11.0. The highest BCUT2D eigenvalue weighted by molar-refractivity contribution is 6.68. The Morgan fingerprint density at radius 1 is 1.57 bits per heavy atom. The molecule has 72 valence electrons. The van der Waals surface area contributed by atoms with E-state index in [1.54, 1.807) is 29.7 Å². The van der Waals surface area contributed by atoms with Crippen molar-refractivity contribution in [3.8, 4) is 0 Å². The minimum atomic E-state index is -0.571. The normalized spacial score (nSPS) is 10.8. The first kappa shape index (κ1) is 9.49. The summed E-state index contributed by atoms with van der Waals surface area (Å²) < 4.78 is 1.77. The summed E-state index contributed by atoms with van der Waals surface area (Å²) in [4.78, 5) is 15.1. The Bertz CT molecular complexity index is 519. The molecule has 0 bridgehead atoms. The number of halogens is 2. The molecule has 0 aliphatic rings. The first-order valence-corrected chi connectivity index (χ1v) is 4.69. The van der Waals surface area contributed by atoms with Gasteiger partial charge in [0.05, 0.1) is 5.52 Å². The fourth-order valence-corrected chi connectivity index (χ4v) is 1.66. The smallest absolute Gasteiger partial charge is 0.273 e. The molecule has 0 N–H and O–H groups in total. The van der Waals surface area contributed by atoms with Gasteiger partial charge in [-0.15, -0.1) is 0 Å². The Kier molecular flexibility index (Phi) is 2.21. The van der Waals surface area contributed by atoms with Crippen LogP contribution >= 0.6 is 23.2 Å². The fourth-order valence-electron chi connectivity index (χ4n) is 1.36. The molecule has 0 amide bonds. The van der Waals surface area contributed by atoms with Crippen molar-refractivity contribution >= 4 is 34.0 Å². The quantitative estimate of drug-likeness (QED) is 0.704. The lowest BCUT2D eigenvalue weighted by atomic mass is 10.3.